The number of benzene rings is 2. The van der Waals surface area contributed by atoms with E-state index in [-0.39, 0.29) is 5.91 Å². The van der Waals surface area contributed by atoms with Gasteiger partial charge in [-0.15, -0.1) is 0 Å². The highest BCUT2D eigenvalue weighted by Gasteiger charge is 2.12. The second-order valence-electron chi connectivity index (χ2n) is 6.52. The number of anilines is 1. The molecule has 0 unspecified atom stereocenters. The van der Waals surface area contributed by atoms with Gasteiger partial charge in [0, 0.05) is 39.4 Å². The van der Waals surface area contributed by atoms with Crippen molar-refractivity contribution in [3.8, 4) is 5.75 Å². The van der Waals surface area contributed by atoms with E-state index in [1.54, 1.807) is 12.0 Å². The number of hydrogen-bond donors (Lipinski definition) is 1. The van der Waals surface area contributed by atoms with Gasteiger partial charge in [0.2, 0.25) is 5.91 Å². The smallest absolute Gasteiger partial charge is 0.233 e. The molecule has 0 aliphatic rings. The van der Waals surface area contributed by atoms with Gasteiger partial charge in [-0.25, -0.2) is 4.98 Å². The van der Waals surface area contributed by atoms with Crippen LogP contribution in [-0.4, -0.2) is 54.8 Å². The Morgan fingerprint density at radius 3 is 2.56 bits per heavy atom. The zero-order valence-electron chi connectivity index (χ0n) is 16.0. The Labute approximate surface area is 163 Å². The molecule has 1 aromatic heterocycles. The zero-order chi connectivity index (χ0) is 19.4. The maximum Gasteiger partial charge on any atom is 0.233 e. The summed E-state index contributed by atoms with van der Waals surface area (Å²) in [6.07, 6.45) is 0. The highest BCUT2D eigenvalue weighted by atomic mass is 32.2. The van der Waals surface area contributed by atoms with Crippen molar-refractivity contribution < 1.29 is 9.53 Å². The number of aromatic nitrogens is 2. The summed E-state index contributed by atoms with van der Waals surface area (Å²) in [7, 11) is 7.48. The first-order chi connectivity index (χ1) is 13.0. The molecule has 1 N–H and O–H groups in total. The molecule has 0 saturated carbocycles. The van der Waals surface area contributed by atoms with Gasteiger partial charge in [-0.05, 0) is 29.8 Å². The van der Waals surface area contributed by atoms with Gasteiger partial charge >= 0.3 is 0 Å². The fourth-order valence-corrected chi connectivity index (χ4v) is 3.49. The van der Waals surface area contributed by atoms with Crippen LogP contribution in [0.3, 0.4) is 0 Å². The number of imidazole rings is 1. The summed E-state index contributed by atoms with van der Waals surface area (Å²) >= 11 is 1.41. The summed E-state index contributed by atoms with van der Waals surface area (Å²) in [5.74, 6) is 1.18. The van der Waals surface area contributed by atoms with Gasteiger partial charge in [0.25, 0.3) is 0 Å². The number of H-pyrrole nitrogens is 1. The Kier molecular flexibility index (Phi) is 5.91. The molecule has 0 saturated heterocycles. The van der Waals surface area contributed by atoms with Crippen LogP contribution in [0.5, 0.6) is 5.75 Å². The second-order valence-corrected chi connectivity index (χ2v) is 7.49. The molecule has 7 heteroatoms. The molecule has 3 rings (SSSR count). The third-order valence-corrected chi connectivity index (χ3v) is 5.16. The van der Waals surface area contributed by atoms with Crippen LogP contribution >= 0.6 is 11.8 Å². The number of thioether (sulfide) groups is 1. The average molecular weight is 385 g/mol. The van der Waals surface area contributed by atoms with Gasteiger partial charge in [-0.1, -0.05) is 23.9 Å². The average Bonchev–Trinajstić information content (AvgIpc) is 3.08. The van der Waals surface area contributed by atoms with E-state index in [9.17, 15) is 4.79 Å². The van der Waals surface area contributed by atoms with Gasteiger partial charge in [-0.2, -0.15) is 0 Å². The molecule has 0 fully saturated rings. The van der Waals surface area contributed by atoms with Crippen molar-refractivity contribution in [3.63, 3.8) is 0 Å². The number of rotatable bonds is 7. The molecular weight excluding hydrogens is 360 g/mol. The van der Waals surface area contributed by atoms with Crippen molar-refractivity contribution in [1.82, 2.24) is 14.9 Å². The molecule has 0 bridgehead atoms. The van der Waals surface area contributed by atoms with Crippen LogP contribution in [0.25, 0.3) is 11.0 Å². The molecule has 2 aromatic carbocycles. The quantitative estimate of drug-likeness (QED) is 0.633. The SMILES string of the molecule is COc1ccc2nc(SCC(=O)N(C)Cc3ccc(N(C)C)cc3)[nH]c2c1. The molecule has 142 valence electrons. The Balaban J connectivity index is 1.56. The first-order valence-electron chi connectivity index (χ1n) is 8.63. The summed E-state index contributed by atoms with van der Waals surface area (Å²) < 4.78 is 5.22. The van der Waals surface area contributed by atoms with Gasteiger partial charge in [-0.3, -0.25) is 4.79 Å². The minimum Gasteiger partial charge on any atom is -0.497 e. The van der Waals surface area contributed by atoms with E-state index in [0.29, 0.717) is 12.3 Å². The van der Waals surface area contributed by atoms with Crippen LogP contribution in [0.1, 0.15) is 5.56 Å². The van der Waals surface area contributed by atoms with E-state index in [1.165, 1.54) is 11.8 Å². The lowest BCUT2D eigenvalue weighted by Gasteiger charge is -2.18. The van der Waals surface area contributed by atoms with Gasteiger partial charge < -0.3 is 19.5 Å². The summed E-state index contributed by atoms with van der Waals surface area (Å²) in [5.41, 5.74) is 4.01. The van der Waals surface area contributed by atoms with Crippen molar-refractivity contribution in [3.05, 3.63) is 48.0 Å². The number of fused-ring (bicyclic) bond motifs is 1. The lowest BCUT2D eigenvalue weighted by molar-refractivity contribution is -0.127. The van der Waals surface area contributed by atoms with E-state index in [2.05, 4.69) is 39.1 Å². The van der Waals surface area contributed by atoms with E-state index in [1.807, 2.05) is 39.3 Å². The molecule has 27 heavy (non-hydrogen) atoms. The number of carbonyl (C=O) groups is 1. The topological polar surface area (TPSA) is 61.5 Å². The minimum absolute atomic E-state index is 0.0646. The molecule has 1 heterocycles. The second kappa shape index (κ2) is 8.35. The summed E-state index contributed by atoms with van der Waals surface area (Å²) in [6.45, 7) is 0.588. The predicted molar refractivity (Wildman–Crippen MR) is 111 cm³/mol. The van der Waals surface area contributed by atoms with Crippen LogP contribution in [0, 0.1) is 0 Å². The Bertz CT molecular complexity index is 921. The molecular formula is C20H24N4O2S. The number of carbonyl (C=O) groups excluding carboxylic acids is 1. The van der Waals surface area contributed by atoms with E-state index in [4.69, 9.17) is 4.74 Å². The van der Waals surface area contributed by atoms with E-state index < -0.39 is 0 Å². The number of amides is 1. The number of aromatic amines is 1. The molecule has 0 radical (unpaired) electrons. The molecule has 6 nitrogen and oxygen atoms in total. The van der Waals surface area contributed by atoms with Gasteiger partial charge in [0.1, 0.15) is 5.75 Å². The monoisotopic (exact) mass is 384 g/mol. The normalized spacial score (nSPS) is 10.8. The highest BCUT2D eigenvalue weighted by Crippen LogP contribution is 2.23. The van der Waals surface area contributed by atoms with Crippen LogP contribution in [0.15, 0.2) is 47.6 Å². The van der Waals surface area contributed by atoms with Gasteiger partial charge in [0.15, 0.2) is 5.16 Å². The van der Waals surface area contributed by atoms with Crippen LogP contribution in [0.4, 0.5) is 5.69 Å². The zero-order valence-corrected chi connectivity index (χ0v) is 16.8. The predicted octanol–water partition coefficient (Wildman–Crippen LogP) is 3.39. The van der Waals surface area contributed by atoms with Crippen molar-refractivity contribution in [2.24, 2.45) is 0 Å². The number of methoxy groups -OCH3 is 1. The lowest BCUT2D eigenvalue weighted by Crippen LogP contribution is -2.27. The number of ether oxygens (including phenoxy) is 1. The summed E-state index contributed by atoms with van der Waals surface area (Å²) in [5, 5.41) is 0.732. The molecule has 1 amide bonds. The first-order valence-corrected chi connectivity index (χ1v) is 9.61. The Morgan fingerprint density at radius 1 is 1.15 bits per heavy atom. The van der Waals surface area contributed by atoms with Crippen LogP contribution in [-0.2, 0) is 11.3 Å². The number of nitrogens with one attached hydrogen (secondary N) is 1. The summed E-state index contributed by atoms with van der Waals surface area (Å²) in [4.78, 5) is 24.0. The molecule has 3 aromatic rings. The third kappa shape index (κ3) is 4.74. The van der Waals surface area contributed by atoms with Crippen molar-refractivity contribution in [2.45, 2.75) is 11.7 Å². The standard InChI is InChI=1S/C20H24N4O2S/c1-23(2)15-7-5-14(6-8-15)12-24(3)19(25)13-27-20-21-17-10-9-16(26-4)11-18(17)22-20/h5-11H,12-13H2,1-4H3,(H,21,22). The summed E-state index contributed by atoms with van der Waals surface area (Å²) in [6, 6.07) is 13.9. The maximum absolute atomic E-state index is 12.4. The molecule has 0 atom stereocenters. The van der Waals surface area contributed by atoms with E-state index in [0.717, 1.165) is 33.2 Å². The highest BCUT2D eigenvalue weighted by molar-refractivity contribution is 7.99. The Hall–Kier alpha value is -2.67. The molecule has 0 aliphatic carbocycles. The minimum atomic E-state index is 0.0646. The van der Waals surface area contributed by atoms with Crippen LogP contribution < -0.4 is 9.64 Å². The first kappa shape index (κ1) is 19.1. The third-order valence-electron chi connectivity index (χ3n) is 4.30. The van der Waals surface area contributed by atoms with Crippen molar-refractivity contribution >= 4 is 34.4 Å². The van der Waals surface area contributed by atoms with Crippen LogP contribution in [0.2, 0.25) is 0 Å². The fraction of sp³-hybridized carbons (Fsp3) is 0.300. The molecule has 0 aliphatic heterocycles. The van der Waals surface area contributed by atoms with Crippen molar-refractivity contribution in [2.75, 3.05) is 38.9 Å². The molecule has 0 spiro atoms. The van der Waals surface area contributed by atoms with Crippen molar-refractivity contribution in [1.29, 1.82) is 0 Å². The van der Waals surface area contributed by atoms with Gasteiger partial charge in [0.05, 0.1) is 23.9 Å². The Morgan fingerprint density at radius 2 is 1.89 bits per heavy atom. The number of hydrogen-bond acceptors (Lipinski definition) is 5. The van der Waals surface area contributed by atoms with E-state index >= 15 is 0 Å². The largest absolute Gasteiger partial charge is 0.497 e. The fourth-order valence-electron chi connectivity index (χ4n) is 2.66. The number of nitrogens with zero attached hydrogens (tertiary/aromatic N) is 3. The lowest BCUT2D eigenvalue weighted by atomic mass is 10.2. The maximum atomic E-state index is 12.4.